The molecule has 1 saturated heterocycles. The predicted octanol–water partition coefficient (Wildman–Crippen LogP) is 6.16. The molecule has 0 aliphatic carbocycles. The Labute approximate surface area is 231 Å². The fourth-order valence-corrected chi connectivity index (χ4v) is 4.46. The van der Waals surface area contributed by atoms with Gasteiger partial charge in [-0.2, -0.15) is 0 Å². The highest BCUT2D eigenvalue weighted by Crippen LogP contribution is 2.31. The van der Waals surface area contributed by atoms with Crippen molar-refractivity contribution in [3.63, 3.8) is 0 Å². The second kappa shape index (κ2) is 12.2. The lowest BCUT2D eigenvalue weighted by molar-refractivity contribution is 0.0690. The van der Waals surface area contributed by atoms with E-state index in [1.54, 1.807) is 31.2 Å². The van der Waals surface area contributed by atoms with E-state index in [0.717, 1.165) is 17.7 Å². The summed E-state index contributed by atoms with van der Waals surface area (Å²) in [6.07, 6.45) is 1.28. The zero-order chi connectivity index (χ0) is 28.1. The van der Waals surface area contributed by atoms with Crippen molar-refractivity contribution < 1.29 is 37.7 Å². The van der Waals surface area contributed by atoms with Gasteiger partial charge in [0, 0.05) is 24.5 Å². The van der Waals surface area contributed by atoms with Crippen molar-refractivity contribution >= 4 is 5.97 Å². The Bertz CT molecular complexity index is 1460. The molecule has 0 amide bonds. The lowest BCUT2D eigenvalue weighted by Crippen LogP contribution is -2.16. The van der Waals surface area contributed by atoms with E-state index in [0.29, 0.717) is 60.5 Å². The number of carboxylic acids is 1. The zero-order valence-electron chi connectivity index (χ0n) is 22.3. The molecule has 1 aliphatic rings. The summed E-state index contributed by atoms with van der Waals surface area (Å²) in [7, 11) is 0. The van der Waals surface area contributed by atoms with Crippen LogP contribution in [0.25, 0.3) is 11.5 Å². The van der Waals surface area contributed by atoms with E-state index in [4.69, 9.17) is 23.4 Å². The number of carboxylic acid groups (broad SMARTS) is 1. The summed E-state index contributed by atoms with van der Waals surface area (Å²) in [5.74, 6) is 1.26. The molecule has 1 aliphatic heterocycles. The van der Waals surface area contributed by atoms with Gasteiger partial charge in [0.2, 0.25) is 5.89 Å². The van der Waals surface area contributed by atoms with Gasteiger partial charge in [0.1, 0.15) is 47.1 Å². The molecule has 1 atom stereocenters. The molecule has 1 fully saturated rings. The average Bonchev–Trinajstić information content (AvgIpc) is 3.57. The van der Waals surface area contributed by atoms with Crippen molar-refractivity contribution in [3.8, 4) is 28.7 Å². The molecule has 3 aromatic carbocycles. The molecule has 40 heavy (non-hydrogen) atoms. The minimum absolute atomic E-state index is 0.0551. The van der Waals surface area contributed by atoms with Gasteiger partial charge in [-0.3, -0.25) is 0 Å². The molecule has 8 nitrogen and oxygen atoms in total. The Morgan fingerprint density at radius 1 is 1.05 bits per heavy atom. The summed E-state index contributed by atoms with van der Waals surface area (Å²) in [5, 5.41) is 9.73. The highest BCUT2D eigenvalue weighted by atomic mass is 19.1. The molecule has 1 unspecified atom stereocenters. The number of ether oxygens (including phenoxy) is 4. The van der Waals surface area contributed by atoms with Crippen LogP contribution in [0.5, 0.6) is 17.2 Å². The highest BCUT2D eigenvalue weighted by molar-refractivity contribution is 5.93. The molecular formula is C31H30FNO7. The second-order valence-corrected chi connectivity index (χ2v) is 9.58. The fourth-order valence-electron chi connectivity index (χ4n) is 4.46. The van der Waals surface area contributed by atoms with Crippen LogP contribution in [0.3, 0.4) is 0 Å². The number of nitrogens with zero attached hydrogens (tertiary/aromatic N) is 1. The average molecular weight is 548 g/mol. The van der Waals surface area contributed by atoms with Gasteiger partial charge < -0.3 is 28.5 Å². The molecule has 0 spiro atoms. The molecular weight excluding hydrogens is 517 g/mol. The van der Waals surface area contributed by atoms with Gasteiger partial charge >= 0.3 is 5.97 Å². The van der Waals surface area contributed by atoms with Crippen LogP contribution in [-0.2, 0) is 17.8 Å². The van der Waals surface area contributed by atoms with E-state index in [9.17, 15) is 14.3 Å². The maximum atomic E-state index is 13.2. The summed E-state index contributed by atoms with van der Waals surface area (Å²) >= 11 is 0. The number of hydrogen-bond acceptors (Lipinski definition) is 7. The van der Waals surface area contributed by atoms with E-state index in [2.05, 4.69) is 4.98 Å². The number of carbonyl (C=O) groups is 1. The largest absolute Gasteiger partial charge is 0.493 e. The smallest absolute Gasteiger partial charge is 0.339 e. The summed E-state index contributed by atoms with van der Waals surface area (Å²) in [6.45, 7) is 5.31. The fraction of sp³-hybridized carbons (Fsp3) is 0.290. The first-order valence-corrected chi connectivity index (χ1v) is 13.0. The first kappa shape index (κ1) is 27.2. The summed E-state index contributed by atoms with van der Waals surface area (Å²) in [6, 6.07) is 16.7. The normalized spacial score (nSPS) is 14.7. The van der Waals surface area contributed by atoms with Crippen molar-refractivity contribution in [1.82, 2.24) is 4.98 Å². The van der Waals surface area contributed by atoms with Crippen molar-refractivity contribution in [3.05, 3.63) is 94.6 Å². The van der Waals surface area contributed by atoms with Crippen molar-refractivity contribution in [2.75, 3.05) is 19.8 Å². The summed E-state index contributed by atoms with van der Waals surface area (Å²) < 4.78 is 42.1. The van der Waals surface area contributed by atoms with Gasteiger partial charge in [-0.05, 0) is 67.4 Å². The van der Waals surface area contributed by atoms with Crippen LogP contribution in [0.1, 0.15) is 39.4 Å². The lowest BCUT2D eigenvalue weighted by atomic mass is 10.1. The van der Waals surface area contributed by atoms with E-state index in [1.807, 2.05) is 31.2 Å². The van der Waals surface area contributed by atoms with Crippen LogP contribution in [0.15, 0.2) is 65.1 Å². The minimum atomic E-state index is -1.06. The monoisotopic (exact) mass is 547 g/mol. The van der Waals surface area contributed by atoms with Gasteiger partial charge in [0.05, 0.1) is 25.5 Å². The number of hydrogen-bond donors (Lipinski definition) is 1. The molecule has 0 saturated carbocycles. The molecule has 5 rings (SSSR count). The van der Waals surface area contributed by atoms with Crippen LogP contribution >= 0.6 is 0 Å². The summed E-state index contributed by atoms with van der Waals surface area (Å²) in [4.78, 5) is 16.4. The van der Waals surface area contributed by atoms with Crippen LogP contribution in [0.2, 0.25) is 0 Å². The van der Waals surface area contributed by atoms with Crippen LogP contribution < -0.4 is 14.2 Å². The van der Waals surface area contributed by atoms with E-state index in [1.165, 1.54) is 12.1 Å². The molecule has 0 radical (unpaired) electrons. The van der Waals surface area contributed by atoms with Gasteiger partial charge in [-0.1, -0.05) is 12.1 Å². The Morgan fingerprint density at radius 2 is 1.82 bits per heavy atom. The maximum Gasteiger partial charge on any atom is 0.339 e. The Hall–Kier alpha value is -4.37. The van der Waals surface area contributed by atoms with Crippen LogP contribution in [-0.4, -0.2) is 42.0 Å². The number of aryl methyl sites for hydroxylation is 2. The first-order valence-electron chi connectivity index (χ1n) is 13.0. The Morgan fingerprint density at radius 3 is 2.52 bits per heavy atom. The van der Waals surface area contributed by atoms with Crippen LogP contribution in [0.4, 0.5) is 4.39 Å². The quantitative estimate of drug-likeness (QED) is 0.238. The van der Waals surface area contributed by atoms with E-state index in [-0.39, 0.29) is 29.8 Å². The molecule has 0 bridgehead atoms. The molecule has 208 valence electrons. The second-order valence-electron chi connectivity index (χ2n) is 9.58. The molecule has 1 aromatic heterocycles. The Kier molecular flexibility index (Phi) is 8.31. The highest BCUT2D eigenvalue weighted by Gasteiger charge is 2.21. The SMILES string of the molecule is Cc1cc(OC2CCOC2)cc(OCc2ccc(OCCc3nc(-c4ccc(F)cc4)oc3C)cc2)c1C(=O)O. The van der Waals surface area contributed by atoms with Crippen molar-refractivity contribution in [1.29, 1.82) is 0 Å². The maximum absolute atomic E-state index is 13.2. The van der Waals surface area contributed by atoms with Gasteiger partial charge in [-0.25, -0.2) is 14.2 Å². The summed E-state index contributed by atoms with van der Waals surface area (Å²) in [5.41, 5.74) is 3.02. The number of halogens is 1. The third kappa shape index (κ3) is 6.60. The van der Waals surface area contributed by atoms with Crippen molar-refractivity contribution in [2.45, 2.75) is 39.4 Å². The standard InChI is InChI=1S/C31H30FNO7/c1-19-15-26(40-25-11-13-36-18-25)16-28(29(19)31(34)35)38-17-21-3-9-24(10-4-21)37-14-12-27-20(2)39-30(33-27)22-5-7-23(32)8-6-22/h3-10,15-16,25H,11-14,17-18H2,1-2H3,(H,34,35). The van der Waals surface area contributed by atoms with Gasteiger partial charge in [-0.15, -0.1) is 0 Å². The number of benzene rings is 3. The first-order chi connectivity index (χ1) is 19.4. The van der Waals surface area contributed by atoms with Crippen molar-refractivity contribution in [2.24, 2.45) is 0 Å². The third-order valence-electron chi connectivity index (χ3n) is 6.59. The Balaban J connectivity index is 1.17. The number of rotatable bonds is 11. The molecule has 9 heteroatoms. The lowest BCUT2D eigenvalue weighted by Gasteiger charge is -2.17. The topological polar surface area (TPSA) is 100 Å². The van der Waals surface area contributed by atoms with Crippen LogP contribution in [0, 0.1) is 19.7 Å². The molecule has 1 N–H and O–H groups in total. The number of aromatic carboxylic acids is 1. The van der Waals surface area contributed by atoms with Gasteiger partial charge in [0.15, 0.2) is 0 Å². The zero-order valence-corrected chi connectivity index (χ0v) is 22.3. The third-order valence-corrected chi connectivity index (χ3v) is 6.59. The number of oxazole rings is 1. The molecule has 4 aromatic rings. The van der Waals surface area contributed by atoms with Gasteiger partial charge in [0.25, 0.3) is 0 Å². The van der Waals surface area contributed by atoms with E-state index < -0.39 is 5.97 Å². The predicted molar refractivity (Wildman–Crippen MR) is 145 cm³/mol. The van der Waals surface area contributed by atoms with E-state index >= 15 is 0 Å². The molecule has 2 heterocycles. The minimum Gasteiger partial charge on any atom is -0.493 e. The number of aromatic nitrogens is 1.